The Balaban J connectivity index is 1.36. The third-order valence-corrected chi connectivity index (χ3v) is 8.39. The fourth-order valence-corrected chi connectivity index (χ4v) is 6.21. The summed E-state index contributed by atoms with van der Waals surface area (Å²) in [6, 6.07) is 12.8. The van der Waals surface area contributed by atoms with Crippen molar-refractivity contribution in [3.8, 4) is 6.07 Å². The molecule has 3 fully saturated rings. The minimum Gasteiger partial charge on any atom is -0.378 e. The summed E-state index contributed by atoms with van der Waals surface area (Å²) < 4.78 is 5.35. The van der Waals surface area contributed by atoms with Crippen LogP contribution in [-0.2, 0) is 9.53 Å². The molecule has 0 radical (unpaired) electrons. The predicted molar refractivity (Wildman–Crippen MR) is 148 cm³/mol. The molecule has 2 heterocycles. The van der Waals surface area contributed by atoms with Crippen molar-refractivity contribution in [1.82, 2.24) is 20.4 Å². The molecule has 8 nitrogen and oxygen atoms in total. The van der Waals surface area contributed by atoms with Crippen LogP contribution in [0.1, 0.15) is 77.2 Å². The number of nitrogens with one attached hydrogen (secondary N) is 2. The minimum absolute atomic E-state index is 0.167. The average Bonchev–Trinajstić information content (AvgIpc) is 2.93. The van der Waals surface area contributed by atoms with Crippen molar-refractivity contribution in [1.29, 1.82) is 5.26 Å². The van der Waals surface area contributed by atoms with Crippen LogP contribution in [0.5, 0.6) is 0 Å². The van der Waals surface area contributed by atoms with E-state index in [0.717, 1.165) is 19.5 Å². The van der Waals surface area contributed by atoms with E-state index in [-0.39, 0.29) is 17.4 Å². The number of piperidine rings is 1. The number of hydrogen-bond donors (Lipinski definition) is 2. The van der Waals surface area contributed by atoms with E-state index in [0.29, 0.717) is 57.5 Å². The monoisotopic (exact) mass is 523 g/mol. The van der Waals surface area contributed by atoms with Gasteiger partial charge < -0.3 is 25.2 Å². The number of hydrogen-bond acceptors (Lipinski definition) is 5. The molecule has 1 aliphatic carbocycles. The number of rotatable bonds is 6. The number of carbonyl (C=O) groups is 2. The number of benzene rings is 1. The summed E-state index contributed by atoms with van der Waals surface area (Å²) in [5, 5.41) is 16.2. The van der Waals surface area contributed by atoms with Crippen molar-refractivity contribution in [3.63, 3.8) is 0 Å². The van der Waals surface area contributed by atoms with Gasteiger partial charge in [-0.1, -0.05) is 57.5 Å². The second-order valence-corrected chi connectivity index (χ2v) is 12.5. The van der Waals surface area contributed by atoms with Gasteiger partial charge in [-0.3, -0.25) is 4.79 Å². The first-order valence-corrected chi connectivity index (χ1v) is 14.3. The molecule has 3 unspecified atom stereocenters. The fourth-order valence-electron chi connectivity index (χ4n) is 6.21. The second-order valence-electron chi connectivity index (χ2n) is 12.5. The van der Waals surface area contributed by atoms with Gasteiger partial charge in [-0.2, -0.15) is 5.26 Å². The third kappa shape index (κ3) is 7.48. The zero-order chi connectivity index (χ0) is 27.2. The summed E-state index contributed by atoms with van der Waals surface area (Å²) >= 11 is 0. The number of nitrogens with zero attached hydrogens (tertiary/aromatic N) is 3. The standard InChI is InChI=1S/C30H45N5O3/c1-29(2,3)21-26(32-28(37)35-16-18-38-19-17-35)27(36)33-30(22-31)12-14-34(15-13-30)25-11-7-10-24(20-25)23-8-5-4-6-9-23/h4-6,8-9,24-26H,7,10-21H2,1-3H3,(H,32,37)(H,33,36). The molecule has 2 N–H and O–H groups in total. The molecule has 2 aliphatic heterocycles. The van der Waals surface area contributed by atoms with Crippen molar-refractivity contribution >= 4 is 11.9 Å². The van der Waals surface area contributed by atoms with Crippen LogP contribution in [0.25, 0.3) is 0 Å². The van der Waals surface area contributed by atoms with Crippen molar-refractivity contribution in [2.24, 2.45) is 5.41 Å². The highest BCUT2D eigenvalue weighted by atomic mass is 16.5. The van der Waals surface area contributed by atoms with Crippen molar-refractivity contribution in [2.45, 2.75) is 89.3 Å². The maximum atomic E-state index is 13.5. The zero-order valence-corrected chi connectivity index (χ0v) is 23.4. The first-order valence-electron chi connectivity index (χ1n) is 14.3. The quantitative estimate of drug-likeness (QED) is 0.587. The molecule has 38 heavy (non-hydrogen) atoms. The first kappa shape index (κ1) is 28.4. The molecule has 8 heteroatoms. The molecule has 0 spiro atoms. The van der Waals surface area contributed by atoms with Gasteiger partial charge >= 0.3 is 6.03 Å². The van der Waals surface area contributed by atoms with Crippen LogP contribution in [0, 0.1) is 16.7 Å². The summed E-state index contributed by atoms with van der Waals surface area (Å²) in [5.74, 6) is 0.323. The maximum absolute atomic E-state index is 13.5. The Kier molecular flexibility index (Phi) is 9.32. The van der Waals surface area contributed by atoms with E-state index in [4.69, 9.17) is 4.74 Å². The lowest BCUT2D eigenvalue weighted by Crippen LogP contribution is -2.61. The summed E-state index contributed by atoms with van der Waals surface area (Å²) in [6.45, 7) is 9.79. The van der Waals surface area contributed by atoms with Crippen LogP contribution in [-0.4, -0.2) is 78.8 Å². The fraction of sp³-hybridized carbons (Fsp3) is 0.700. The minimum atomic E-state index is -0.902. The van der Waals surface area contributed by atoms with Gasteiger partial charge in [0.05, 0.1) is 19.3 Å². The molecule has 1 saturated carbocycles. The maximum Gasteiger partial charge on any atom is 0.318 e. The van der Waals surface area contributed by atoms with E-state index in [1.165, 1.54) is 24.8 Å². The van der Waals surface area contributed by atoms with Crippen LogP contribution in [0.15, 0.2) is 30.3 Å². The van der Waals surface area contributed by atoms with Gasteiger partial charge in [-0.05, 0) is 55.4 Å². The van der Waals surface area contributed by atoms with Gasteiger partial charge in [0.25, 0.3) is 0 Å². The zero-order valence-electron chi connectivity index (χ0n) is 23.4. The van der Waals surface area contributed by atoms with Crippen LogP contribution in [0.2, 0.25) is 0 Å². The molecular formula is C30H45N5O3. The van der Waals surface area contributed by atoms with E-state index >= 15 is 0 Å². The number of amides is 3. The summed E-state index contributed by atoms with van der Waals surface area (Å²) in [6.07, 6.45) is 6.48. The first-order chi connectivity index (χ1) is 18.2. The van der Waals surface area contributed by atoms with Crippen LogP contribution < -0.4 is 10.6 Å². The predicted octanol–water partition coefficient (Wildman–Crippen LogP) is 4.03. The number of ether oxygens (including phenoxy) is 1. The molecule has 3 aliphatic rings. The Bertz CT molecular complexity index is 972. The van der Waals surface area contributed by atoms with Crippen molar-refractivity contribution in [2.75, 3.05) is 39.4 Å². The third-order valence-electron chi connectivity index (χ3n) is 8.39. The highest BCUT2D eigenvalue weighted by molar-refractivity contribution is 5.88. The van der Waals surface area contributed by atoms with Gasteiger partial charge in [0.2, 0.25) is 5.91 Å². The number of carbonyl (C=O) groups excluding carboxylic acids is 2. The van der Waals surface area contributed by atoms with E-state index < -0.39 is 11.6 Å². The van der Waals surface area contributed by atoms with Crippen molar-refractivity contribution in [3.05, 3.63) is 35.9 Å². The van der Waals surface area contributed by atoms with E-state index in [2.05, 4.69) is 72.7 Å². The lowest BCUT2D eigenvalue weighted by Gasteiger charge is -2.44. The molecule has 1 aromatic carbocycles. The van der Waals surface area contributed by atoms with Crippen LogP contribution >= 0.6 is 0 Å². The Morgan fingerprint density at radius 1 is 1.11 bits per heavy atom. The van der Waals surface area contributed by atoms with Crippen molar-refractivity contribution < 1.29 is 14.3 Å². The molecule has 2 saturated heterocycles. The molecule has 0 aromatic heterocycles. The number of nitriles is 1. The van der Waals surface area contributed by atoms with Crippen LogP contribution in [0.3, 0.4) is 0 Å². The highest BCUT2D eigenvalue weighted by Crippen LogP contribution is 2.37. The lowest BCUT2D eigenvalue weighted by molar-refractivity contribution is -0.125. The Labute approximate surface area is 228 Å². The van der Waals surface area contributed by atoms with Gasteiger partial charge in [-0.25, -0.2) is 4.79 Å². The normalized spacial score (nSPS) is 25.2. The Morgan fingerprint density at radius 2 is 1.79 bits per heavy atom. The summed E-state index contributed by atoms with van der Waals surface area (Å²) in [7, 11) is 0. The van der Waals surface area contributed by atoms with E-state index in [1.54, 1.807) is 4.90 Å². The Hall–Kier alpha value is -2.63. The lowest BCUT2D eigenvalue weighted by atomic mass is 9.79. The largest absolute Gasteiger partial charge is 0.378 e. The number of likely N-dealkylation sites (tertiary alicyclic amines) is 1. The SMILES string of the molecule is CC(C)(C)CC(NC(=O)N1CCOCC1)C(=O)NC1(C#N)CCN(C2CCCC(c3ccccc3)C2)CC1. The average molecular weight is 524 g/mol. The molecule has 208 valence electrons. The second kappa shape index (κ2) is 12.5. The molecule has 3 atom stereocenters. The van der Waals surface area contributed by atoms with E-state index in [9.17, 15) is 14.9 Å². The number of urea groups is 1. The Morgan fingerprint density at radius 3 is 2.42 bits per heavy atom. The van der Waals surface area contributed by atoms with Crippen LogP contribution in [0.4, 0.5) is 4.79 Å². The summed E-state index contributed by atoms with van der Waals surface area (Å²) in [5.41, 5.74) is 0.359. The highest BCUT2D eigenvalue weighted by Gasteiger charge is 2.41. The molecule has 1 aromatic rings. The van der Waals surface area contributed by atoms with Gasteiger partial charge in [0.15, 0.2) is 0 Å². The van der Waals surface area contributed by atoms with Gasteiger partial charge in [0.1, 0.15) is 11.6 Å². The molecule has 4 rings (SSSR count). The van der Waals surface area contributed by atoms with Gasteiger partial charge in [-0.15, -0.1) is 0 Å². The smallest absolute Gasteiger partial charge is 0.318 e. The van der Waals surface area contributed by atoms with E-state index in [1.807, 2.05) is 0 Å². The molecule has 3 amide bonds. The molecular weight excluding hydrogens is 478 g/mol. The summed E-state index contributed by atoms with van der Waals surface area (Å²) in [4.78, 5) is 30.6. The van der Waals surface area contributed by atoms with Gasteiger partial charge in [0, 0.05) is 32.2 Å². The topological polar surface area (TPSA) is 97.7 Å². The number of morpholine rings is 1. The molecule has 0 bridgehead atoms.